The number of carbonyl (C=O) groups is 1. The van der Waals surface area contributed by atoms with Gasteiger partial charge in [0.05, 0.1) is 6.61 Å². The van der Waals surface area contributed by atoms with E-state index in [9.17, 15) is 4.79 Å². The normalized spacial score (nSPS) is 14.3. The summed E-state index contributed by atoms with van der Waals surface area (Å²) in [7, 11) is 0. The topological polar surface area (TPSA) is 41.6 Å². The first-order valence-corrected chi connectivity index (χ1v) is 11.3. The predicted octanol–water partition coefficient (Wildman–Crippen LogP) is 5.79. The number of thioether (sulfide) groups is 1. The average Bonchev–Trinajstić information content (AvgIpc) is 2.68. The fourth-order valence-electron chi connectivity index (χ4n) is 3.03. The Morgan fingerprint density at radius 1 is 1.00 bits per heavy atom. The van der Waals surface area contributed by atoms with Gasteiger partial charge in [-0.2, -0.15) is 11.8 Å². The second-order valence-corrected chi connectivity index (χ2v) is 8.10. The van der Waals surface area contributed by atoms with Crippen LogP contribution < -0.4 is 10.1 Å². The van der Waals surface area contributed by atoms with Crippen LogP contribution in [0.1, 0.15) is 58.3 Å². The number of amides is 2. The van der Waals surface area contributed by atoms with E-state index in [0.717, 1.165) is 49.1 Å². The lowest BCUT2D eigenvalue weighted by molar-refractivity contribution is 0.217. The molecule has 1 aliphatic rings. The molecule has 0 unspecified atom stereocenters. The molecule has 1 N–H and O–H groups in total. The highest BCUT2D eigenvalue weighted by atomic mass is 32.2. The van der Waals surface area contributed by atoms with Gasteiger partial charge in [0, 0.05) is 30.3 Å². The SMILES string of the molecule is CCCCCCCCCCOc1ccc(NC(=O)N2CCSCC2)cc1. The van der Waals surface area contributed by atoms with Gasteiger partial charge < -0.3 is 15.0 Å². The molecule has 1 aromatic rings. The van der Waals surface area contributed by atoms with E-state index in [0.29, 0.717) is 0 Å². The van der Waals surface area contributed by atoms with Crippen LogP contribution >= 0.6 is 11.8 Å². The quantitative estimate of drug-likeness (QED) is 0.496. The Kier molecular flexibility index (Phi) is 10.4. The van der Waals surface area contributed by atoms with Crippen molar-refractivity contribution in [3.8, 4) is 5.75 Å². The van der Waals surface area contributed by atoms with E-state index in [4.69, 9.17) is 4.74 Å². The predicted molar refractivity (Wildman–Crippen MR) is 112 cm³/mol. The van der Waals surface area contributed by atoms with E-state index < -0.39 is 0 Å². The lowest BCUT2D eigenvalue weighted by Crippen LogP contribution is -2.40. The van der Waals surface area contributed by atoms with Crippen LogP contribution in [0.5, 0.6) is 5.75 Å². The van der Waals surface area contributed by atoms with Crippen molar-refractivity contribution in [2.24, 2.45) is 0 Å². The van der Waals surface area contributed by atoms with Crippen LogP contribution in [0, 0.1) is 0 Å². The summed E-state index contributed by atoms with van der Waals surface area (Å²) in [6, 6.07) is 7.70. The summed E-state index contributed by atoms with van der Waals surface area (Å²) in [4.78, 5) is 14.1. The number of unbranched alkanes of at least 4 members (excludes halogenated alkanes) is 7. The van der Waals surface area contributed by atoms with Crippen molar-refractivity contribution < 1.29 is 9.53 Å². The molecule has 0 aliphatic carbocycles. The van der Waals surface area contributed by atoms with Crippen molar-refractivity contribution in [3.63, 3.8) is 0 Å². The van der Waals surface area contributed by atoms with Gasteiger partial charge in [-0.3, -0.25) is 0 Å². The molecule has 0 bridgehead atoms. The number of rotatable bonds is 11. The molecule has 0 radical (unpaired) electrons. The Hall–Kier alpha value is -1.36. The summed E-state index contributed by atoms with van der Waals surface area (Å²) in [6.45, 7) is 4.68. The van der Waals surface area contributed by atoms with Gasteiger partial charge in [-0.1, -0.05) is 51.9 Å². The molecule has 26 heavy (non-hydrogen) atoms. The first-order chi connectivity index (χ1) is 12.8. The van der Waals surface area contributed by atoms with Crippen molar-refractivity contribution in [2.45, 2.75) is 58.3 Å². The van der Waals surface area contributed by atoms with Crippen molar-refractivity contribution in [3.05, 3.63) is 24.3 Å². The van der Waals surface area contributed by atoms with Crippen molar-refractivity contribution in [1.82, 2.24) is 4.90 Å². The van der Waals surface area contributed by atoms with Gasteiger partial charge in [-0.15, -0.1) is 0 Å². The Labute approximate surface area is 163 Å². The molecule has 1 saturated heterocycles. The third-order valence-electron chi connectivity index (χ3n) is 4.67. The molecule has 2 rings (SSSR count). The molecule has 0 aromatic heterocycles. The third-order valence-corrected chi connectivity index (χ3v) is 5.61. The molecule has 1 heterocycles. The van der Waals surface area contributed by atoms with E-state index in [1.165, 1.54) is 44.9 Å². The summed E-state index contributed by atoms with van der Waals surface area (Å²) < 4.78 is 5.80. The van der Waals surface area contributed by atoms with Gasteiger partial charge in [0.15, 0.2) is 0 Å². The van der Waals surface area contributed by atoms with Crippen molar-refractivity contribution in [1.29, 1.82) is 0 Å². The highest BCUT2D eigenvalue weighted by molar-refractivity contribution is 7.99. The van der Waals surface area contributed by atoms with Gasteiger partial charge in [0.25, 0.3) is 0 Å². The van der Waals surface area contributed by atoms with Gasteiger partial charge in [0.1, 0.15) is 5.75 Å². The number of benzene rings is 1. The number of ether oxygens (including phenoxy) is 1. The maximum Gasteiger partial charge on any atom is 0.321 e. The largest absolute Gasteiger partial charge is 0.494 e. The number of anilines is 1. The summed E-state index contributed by atoms with van der Waals surface area (Å²) in [5.41, 5.74) is 0.827. The first-order valence-electron chi connectivity index (χ1n) is 10.2. The first kappa shape index (κ1) is 20.9. The van der Waals surface area contributed by atoms with Crippen LogP contribution in [-0.2, 0) is 0 Å². The summed E-state index contributed by atoms with van der Waals surface area (Å²) in [5.74, 6) is 2.93. The van der Waals surface area contributed by atoms with E-state index in [2.05, 4.69) is 12.2 Å². The molecular weight excluding hydrogens is 344 g/mol. The van der Waals surface area contributed by atoms with E-state index in [1.807, 2.05) is 40.9 Å². The van der Waals surface area contributed by atoms with E-state index in [1.54, 1.807) is 0 Å². The van der Waals surface area contributed by atoms with E-state index >= 15 is 0 Å². The Bertz CT molecular complexity index is 501. The fraction of sp³-hybridized carbons (Fsp3) is 0.667. The molecule has 1 aliphatic heterocycles. The number of carbonyl (C=O) groups excluding carboxylic acids is 1. The molecule has 0 saturated carbocycles. The maximum atomic E-state index is 12.2. The number of hydrogen-bond acceptors (Lipinski definition) is 3. The highest BCUT2D eigenvalue weighted by Gasteiger charge is 2.16. The zero-order valence-electron chi connectivity index (χ0n) is 16.2. The van der Waals surface area contributed by atoms with Gasteiger partial charge in [-0.05, 0) is 30.7 Å². The molecule has 0 spiro atoms. The van der Waals surface area contributed by atoms with Crippen LogP contribution in [-0.4, -0.2) is 42.1 Å². The molecule has 146 valence electrons. The second kappa shape index (κ2) is 12.9. The van der Waals surface area contributed by atoms with Crippen LogP contribution in [0.2, 0.25) is 0 Å². The van der Waals surface area contributed by atoms with Gasteiger partial charge >= 0.3 is 6.03 Å². The summed E-state index contributed by atoms with van der Waals surface area (Å²) in [5, 5.41) is 2.97. The van der Waals surface area contributed by atoms with Gasteiger partial charge in [-0.25, -0.2) is 4.79 Å². The zero-order chi connectivity index (χ0) is 18.5. The Morgan fingerprint density at radius 2 is 1.62 bits per heavy atom. The molecule has 5 heteroatoms. The number of hydrogen-bond donors (Lipinski definition) is 1. The fourth-order valence-corrected chi connectivity index (χ4v) is 3.93. The van der Waals surface area contributed by atoms with Crippen LogP contribution in [0.4, 0.5) is 10.5 Å². The molecular formula is C21H34N2O2S. The van der Waals surface area contributed by atoms with Crippen LogP contribution in [0.15, 0.2) is 24.3 Å². The maximum absolute atomic E-state index is 12.2. The minimum Gasteiger partial charge on any atom is -0.494 e. The molecule has 1 aromatic carbocycles. The lowest BCUT2D eigenvalue weighted by atomic mass is 10.1. The van der Waals surface area contributed by atoms with E-state index in [-0.39, 0.29) is 6.03 Å². The van der Waals surface area contributed by atoms with Crippen molar-refractivity contribution >= 4 is 23.5 Å². The Morgan fingerprint density at radius 3 is 2.27 bits per heavy atom. The summed E-state index contributed by atoms with van der Waals surface area (Å²) >= 11 is 1.90. The van der Waals surface area contributed by atoms with Gasteiger partial charge in [0.2, 0.25) is 0 Å². The minimum absolute atomic E-state index is 0.00194. The van der Waals surface area contributed by atoms with Crippen LogP contribution in [0.3, 0.4) is 0 Å². The monoisotopic (exact) mass is 378 g/mol. The zero-order valence-corrected chi connectivity index (χ0v) is 17.0. The molecule has 2 amide bonds. The smallest absolute Gasteiger partial charge is 0.321 e. The molecule has 1 fully saturated rings. The van der Waals surface area contributed by atoms with Crippen LogP contribution in [0.25, 0.3) is 0 Å². The average molecular weight is 379 g/mol. The number of nitrogens with one attached hydrogen (secondary N) is 1. The third kappa shape index (κ3) is 8.35. The molecule has 4 nitrogen and oxygen atoms in total. The molecule has 0 atom stereocenters. The number of nitrogens with zero attached hydrogens (tertiary/aromatic N) is 1. The summed E-state index contributed by atoms with van der Waals surface area (Å²) in [6.07, 6.45) is 10.5. The second-order valence-electron chi connectivity index (χ2n) is 6.88. The minimum atomic E-state index is -0.00194. The van der Waals surface area contributed by atoms with Crippen molar-refractivity contribution in [2.75, 3.05) is 36.5 Å². The lowest BCUT2D eigenvalue weighted by Gasteiger charge is -2.26. The highest BCUT2D eigenvalue weighted by Crippen LogP contribution is 2.18. The number of urea groups is 1. The Balaban J connectivity index is 1.56. The standard InChI is InChI=1S/C21H34N2O2S/c1-2-3-4-5-6-7-8-9-16-25-20-12-10-19(11-13-20)22-21(24)23-14-17-26-18-15-23/h10-13H,2-9,14-18H2,1H3,(H,22,24).